The number of nitrogens with one attached hydrogen (secondary N) is 1. The smallest absolute Gasteiger partial charge is 0.260 e. The first-order chi connectivity index (χ1) is 34.9. The summed E-state index contributed by atoms with van der Waals surface area (Å²) in [5.74, 6) is 5.31. The fourth-order valence-corrected chi connectivity index (χ4v) is 13.9. The van der Waals surface area contributed by atoms with E-state index in [4.69, 9.17) is 14.2 Å². The van der Waals surface area contributed by atoms with E-state index in [1.165, 1.54) is 100 Å². The largest absolute Gasteiger partial charge is 0.458 e. The fraction of sp³-hybridized carbons (Fsp3) is 0.143. The molecule has 1 N–H and O–H groups in total. The van der Waals surface area contributed by atoms with Crippen LogP contribution in [0, 0.1) is 62.3 Å². The monoisotopic (exact) mass is 929 g/mol. The van der Waals surface area contributed by atoms with Crippen molar-refractivity contribution in [3.8, 4) is 34.5 Å². The van der Waals surface area contributed by atoms with E-state index in [1.807, 2.05) is 0 Å². The minimum Gasteiger partial charge on any atom is -0.458 e. The highest BCUT2D eigenvalue weighted by Crippen LogP contribution is 2.49. The van der Waals surface area contributed by atoms with Crippen LogP contribution in [0.5, 0.6) is 34.5 Å². The Bertz CT molecular complexity index is 3700. The van der Waals surface area contributed by atoms with E-state index in [-0.39, 0.29) is 20.1 Å². The predicted octanol–water partition coefficient (Wildman–Crippen LogP) is 9.95. The highest BCUT2D eigenvalue weighted by Gasteiger charge is 2.49. The van der Waals surface area contributed by atoms with Gasteiger partial charge in [0.1, 0.15) is 34.5 Å². The van der Waals surface area contributed by atoms with Gasteiger partial charge in [-0.2, -0.15) is 0 Å². The van der Waals surface area contributed by atoms with E-state index in [1.54, 1.807) is 0 Å². The zero-order valence-electron chi connectivity index (χ0n) is 42.1. The van der Waals surface area contributed by atoms with E-state index in [0.717, 1.165) is 79.1 Å². The van der Waals surface area contributed by atoms with Gasteiger partial charge in [-0.25, -0.2) is 0 Å². The summed E-state index contributed by atoms with van der Waals surface area (Å²) in [7, 11) is 0. The lowest BCUT2D eigenvalue weighted by atomic mass is 9.29. The molecule has 6 aliphatic heterocycles. The van der Waals surface area contributed by atoms with E-state index in [9.17, 15) is 0 Å². The van der Waals surface area contributed by atoms with E-state index in [2.05, 4.69) is 211 Å². The van der Waals surface area contributed by atoms with E-state index >= 15 is 0 Å². The van der Waals surface area contributed by atoms with Gasteiger partial charge in [0.05, 0.1) is 11.4 Å². The highest BCUT2D eigenvalue weighted by atomic mass is 16.5. The summed E-state index contributed by atoms with van der Waals surface area (Å²) < 4.78 is 20.7. The van der Waals surface area contributed by atoms with Gasteiger partial charge < -0.3 is 29.3 Å². The second-order valence-electron chi connectivity index (χ2n) is 21.5. The average Bonchev–Trinajstić information content (AvgIpc) is 3.33. The Balaban J connectivity index is 1.08. The van der Waals surface area contributed by atoms with Crippen molar-refractivity contribution in [2.24, 2.45) is 0 Å². The number of anilines is 8. The lowest BCUT2D eigenvalue weighted by molar-refractivity contribution is 0.464. The van der Waals surface area contributed by atoms with Gasteiger partial charge in [0.2, 0.25) is 0 Å². The number of aryl methyl sites for hydroxylation is 9. The molecule has 6 nitrogen and oxygen atoms in total. The van der Waals surface area contributed by atoms with Crippen molar-refractivity contribution in [1.82, 2.24) is 0 Å². The Hall–Kier alpha value is -8.03. The molecule has 0 fully saturated rings. The number of hydrogen-bond acceptors (Lipinski definition) is 6. The summed E-state index contributed by atoms with van der Waals surface area (Å²) in [5.41, 5.74) is 31.1. The zero-order chi connectivity index (χ0) is 48.7. The molecule has 9 aromatic carbocycles. The number of ether oxygens (including phenoxy) is 3. The van der Waals surface area contributed by atoms with E-state index in [0.29, 0.717) is 0 Å². The van der Waals surface area contributed by atoms with Gasteiger partial charge in [-0.05, 0) is 200 Å². The summed E-state index contributed by atoms with van der Waals surface area (Å²) in [6.07, 6.45) is 0. The van der Waals surface area contributed by atoms with Gasteiger partial charge in [0, 0.05) is 45.7 Å². The number of para-hydroxylation sites is 2. The Morgan fingerprint density at radius 2 is 0.750 bits per heavy atom. The molecular weight excluding hydrogens is 879 g/mol. The number of rotatable bonds is 2. The van der Waals surface area contributed by atoms with Crippen molar-refractivity contribution in [3.63, 3.8) is 0 Å². The molecule has 72 heavy (non-hydrogen) atoms. The van der Waals surface area contributed by atoms with Crippen molar-refractivity contribution < 1.29 is 14.2 Å². The topological polar surface area (TPSA) is 46.2 Å². The first kappa shape index (κ1) is 41.7. The molecule has 0 atom stereocenters. The van der Waals surface area contributed by atoms with Crippen LogP contribution in [0.25, 0.3) is 0 Å². The first-order valence-electron chi connectivity index (χ1n) is 25.4. The third-order valence-electron chi connectivity index (χ3n) is 16.4. The number of fused-ring (bicyclic) bond motifs is 12. The third kappa shape index (κ3) is 5.65. The fourth-order valence-electron chi connectivity index (χ4n) is 13.9. The first-order valence-corrected chi connectivity index (χ1v) is 25.4. The van der Waals surface area contributed by atoms with Crippen LogP contribution in [0.3, 0.4) is 0 Å². The van der Waals surface area contributed by atoms with Gasteiger partial charge in [0.25, 0.3) is 20.1 Å². The van der Waals surface area contributed by atoms with Crippen LogP contribution in [0.4, 0.5) is 45.5 Å². The van der Waals surface area contributed by atoms with Crippen molar-refractivity contribution in [2.45, 2.75) is 62.3 Å². The molecule has 0 saturated carbocycles. The number of nitrogens with zero attached hydrogens (tertiary/aromatic N) is 2. The maximum atomic E-state index is 7.21. The summed E-state index contributed by atoms with van der Waals surface area (Å²) in [6, 6.07) is 50.2. The summed E-state index contributed by atoms with van der Waals surface area (Å²) in [4.78, 5) is 5.19. The molecule has 344 valence electrons. The van der Waals surface area contributed by atoms with Crippen LogP contribution >= 0.6 is 0 Å². The molecule has 0 aliphatic carbocycles. The molecule has 0 saturated heterocycles. The van der Waals surface area contributed by atoms with Crippen LogP contribution < -0.4 is 78.5 Å². The molecule has 0 radical (unpaired) electrons. The van der Waals surface area contributed by atoms with Gasteiger partial charge in [-0.3, -0.25) is 0 Å². The Morgan fingerprint density at radius 1 is 0.319 bits per heavy atom. The van der Waals surface area contributed by atoms with Crippen LogP contribution in [0.2, 0.25) is 0 Å². The summed E-state index contributed by atoms with van der Waals surface area (Å²) in [5, 5.41) is 4.02. The molecule has 9 aromatic rings. The molecule has 0 bridgehead atoms. The van der Waals surface area contributed by atoms with Crippen LogP contribution in [0.1, 0.15) is 50.1 Å². The SMILES string of the molecule is Cc1cc(C)c(N2c3cc4c(cc3B3c5cc6c(cc5N(c5c(C)cc(C)cc5C)c5cc(C)cc2c53)Oc2cc(C)cc3c2B6c2ccccc2O3)B2c3ccccc3Oc3cc(C)cc(c32)N4)c(C)c1. The van der Waals surface area contributed by atoms with Crippen molar-refractivity contribution >= 4 is 115 Å². The standard InChI is InChI=1S/C63H50B3N3O3/c1-32-18-37(6)62(38(7)19-32)68-49-30-47-43(64-41-14-10-12-16-53(41)70-56-25-34(3)22-48(67-47)59(56)64)28-44(49)66-45-29-46-55(72-58-27-36(5)26-57-61(58)65(46)42-15-11-13-17-54(42)71-57)31-50(45)69(52-24-35(4)23-51(68)60(52)66)63-39(8)20-33(2)21-40(63)9/h10-31,67H,1-9H3. The second kappa shape index (κ2) is 14.5. The molecule has 0 spiro atoms. The normalized spacial score (nSPS) is 14.2. The highest BCUT2D eigenvalue weighted by molar-refractivity contribution is 7.03. The van der Waals surface area contributed by atoms with Crippen LogP contribution in [-0.4, -0.2) is 20.1 Å². The Morgan fingerprint density at radius 3 is 1.32 bits per heavy atom. The molecule has 6 heterocycles. The molecule has 6 aliphatic rings. The summed E-state index contributed by atoms with van der Waals surface area (Å²) in [6.45, 7) is 19.8. The van der Waals surface area contributed by atoms with Gasteiger partial charge in [0.15, 0.2) is 0 Å². The van der Waals surface area contributed by atoms with Crippen LogP contribution in [0.15, 0.2) is 133 Å². The molecular formula is C63H50B3N3O3. The summed E-state index contributed by atoms with van der Waals surface area (Å²) >= 11 is 0. The molecule has 0 amide bonds. The predicted molar refractivity (Wildman–Crippen MR) is 302 cm³/mol. The van der Waals surface area contributed by atoms with Crippen molar-refractivity contribution in [2.75, 3.05) is 15.1 Å². The maximum absolute atomic E-state index is 7.21. The quantitative estimate of drug-likeness (QED) is 0.174. The average molecular weight is 930 g/mol. The Labute approximate surface area is 422 Å². The molecule has 9 heteroatoms. The van der Waals surface area contributed by atoms with Crippen molar-refractivity contribution in [1.29, 1.82) is 0 Å². The third-order valence-corrected chi connectivity index (χ3v) is 16.4. The van der Waals surface area contributed by atoms with Crippen molar-refractivity contribution in [3.05, 3.63) is 184 Å². The van der Waals surface area contributed by atoms with Gasteiger partial charge in [-0.15, -0.1) is 0 Å². The maximum Gasteiger partial charge on any atom is 0.260 e. The molecule has 15 rings (SSSR count). The lowest BCUT2D eigenvalue weighted by Gasteiger charge is -2.47. The number of benzene rings is 9. The Kier molecular flexibility index (Phi) is 8.43. The number of hydrogen-bond donors (Lipinski definition) is 1. The minimum absolute atomic E-state index is 0.0382. The second-order valence-corrected chi connectivity index (χ2v) is 21.5. The van der Waals surface area contributed by atoms with E-state index < -0.39 is 0 Å². The van der Waals surface area contributed by atoms with Crippen LogP contribution in [-0.2, 0) is 0 Å². The van der Waals surface area contributed by atoms with Gasteiger partial charge >= 0.3 is 0 Å². The van der Waals surface area contributed by atoms with Gasteiger partial charge in [-0.1, -0.05) is 83.9 Å². The molecule has 0 unspecified atom stereocenters. The zero-order valence-corrected chi connectivity index (χ0v) is 42.1. The molecule has 0 aromatic heterocycles. The lowest BCUT2D eigenvalue weighted by Crippen LogP contribution is -2.65. The minimum atomic E-state index is -0.149.